The summed E-state index contributed by atoms with van der Waals surface area (Å²) in [6, 6.07) is 8.21. The van der Waals surface area contributed by atoms with E-state index in [4.69, 9.17) is 11.6 Å². The molecule has 5 nitrogen and oxygen atoms in total. The summed E-state index contributed by atoms with van der Waals surface area (Å²) in [6.45, 7) is 3.14. The van der Waals surface area contributed by atoms with Crippen LogP contribution in [-0.4, -0.2) is 43.7 Å². The lowest BCUT2D eigenvalue weighted by molar-refractivity contribution is 0.0441. The van der Waals surface area contributed by atoms with Gasteiger partial charge in [0.05, 0.1) is 24.2 Å². The van der Waals surface area contributed by atoms with Crippen molar-refractivity contribution in [2.75, 3.05) is 6.61 Å². The molecular formula is C16H21ClN4O. The highest BCUT2D eigenvalue weighted by atomic mass is 35.5. The smallest absolute Gasteiger partial charge is 0.0972 e. The van der Waals surface area contributed by atoms with E-state index in [-0.39, 0.29) is 12.6 Å². The van der Waals surface area contributed by atoms with E-state index in [0.29, 0.717) is 11.1 Å². The Bertz CT molecular complexity index is 613. The number of aliphatic hydroxyl groups is 1. The molecule has 1 N–H and O–H groups in total. The van der Waals surface area contributed by atoms with Crippen molar-refractivity contribution in [3.05, 3.63) is 41.2 Å². The lowest BCUT2D eigenvalue weighted by Crippen LogP contribution is -2.46. The first-order chi connectivity index (χ1) is 10.7. The molecule has 0 amide bonds. The Balaban J connectivity index is 1.74. The molecule has 22 heavy (non-hydrogen) atoms. The van der Waals surface area contributed by atoms with Crippen molar-refractivity contribution in [3.8, 4) is 5.69 Å². The number of aromatic nitrogens is 3. The van der Waals surface area contributed by atoms with Crippen molar-refractivity contribution in [2.45, 2.75) is 44.8 Å². The van der Waals surface area contributed by atoms with Gasteiger partial charge in [0.25, 0.3) is 0 Å². The van der Waals surface area contributed by atoms with Gasteiger partial charge in [0.2, 0.25) is 0 Å². The molecule has 2 unspecified atom stereocenters. The lowest BCUT2D eigenvalue weighted by atomic mass is 9.97. The maximum Gasteiger partial charge on any atom is 0.0972 e. The molecule has 2 aromatic rings. The molecule has 0 aliphatic carbocycles. The van der Waals surface area contributed by atoms with Gasteiger partial charge >= 0.3 is 0 Å². The Morgan fingerprint density at radius 1 is 1.27 bits per heavy atom. The second-order valence-electron chi connectivity index (χ2n) is 5.92. The van der Waals surface area contributed by atoms with E-state index in [1.807, 2.05) is 30.5 Å². The molecule has 0 bridgehead atoms. The lowest BCUT2D eigenvalue weighted by Gasteiger charge is -2.39. The summed E-state index contributed by atoms with van der Waals surface area (Å²) in [7, 11) is 0. The fourth-order valence-corrected chi connectivity index (χ4v) is 3.23. The third-order valence-corrected chi connectivity index (χ3v) is 4.63. The topological polar surface area (TPSA) is 54.2 Å². The maximum absolute atomic E-state index is 9.57. The summed E-state index contributed by atoms with van der Waals surface area (Å²) in [5.74, 6) is 0. The van der Waals surface area contributed by atoms with E-state index in [2.05, 4.69) is 22.1 Å². The van der Waals surface area contributed by atoms with Gasteiger partial charge in [-0.05, 0) is 44.0 Å². The van der Waals surface area contributed by atoms with Crippen LogP contribution in [0.3, 0.4) is 0 Å². The first kappa shape index (κ1) is 15.5. The van der Waals surface area contributed by atoms with Gasteiger partial charge in [-0.2, -0.15) is 0 Å². The van der Waals surface area contributed by atoms with Crippen molar-refractivity contribution < 1.29 is 5.11 Å². The predicted octanol–water partition coefficient (Wildman–Crippen LogP) is 2.66. The summed E-state index contributed by atoms with van der Waals surface area (Å²) in [6.07, 6.45) is 5.34. The fraction of sp³-hybridized carbons (Fsp3) is 0.500. The number of nitrogens with zero attached hydrogens (tertiary/aromatic N) is 4. The van der Waals surface area contributed by atoms with Crippen molar-refractivity contribution in [2.24, 2.45) is 0 Å². The third kappa shape index (κ3) is 3.32. The Hall–Kier alpha value is -1.43. The van der Waals surface area contributed by atoms with Crippen molar-refractivity contribution in [1.82, 2.24) is 19.9 Å². The zero-order valence-corrected chi connectivity index (χ0v) is 13.4. The number of halogens is 1. The molecule has 1 saturated heterocycles. The Labute approximate surface area is 135 Å². The highest BCUT2D eigenvalue weighted by Crippen LogP contribution is 2.24. The number of aliphatic hydroxyl groups excluding tert-OH is 1. The third-order valence-electron chi connectivity index (χ3n) is 4.38. The molecule has 1 aromatic heterocycles. The van der Waals surface area contributed by atoms with Gasteiger partial charge < -0.3 is 5.11 Å². The van der Waals surface area contributed by atoms with Gasteiger partial charge in [-0.1, -0.05) is 23.2 Å². The Morgan fingerprint density at radius 2 is 2.05 bits per heavy atom. The SMILES string of the molecule is CC1CCCC(CO)N1Cc1cn(-c2ccc(Cl)cc2)nn1. The monoisotopic (exact) mass is 320 g/mol. The zero-order valence-electron chi connectivity index (χ0n) is 12.7. The van der Waals surface area contributed by atoms with Crippen LogP contribution in [0.4, 0.5) is 0 Å². The quantitative estimate of drug-likeness (QED) is 0.941. The van der Waals surface area contributed by atoms with Crippen LogP contribution in [0.25, 0.3) is 5.69 Å². The highest BCUT2D eigenvalue weighted by molar-refractivity contribution is 6.30. The number of rotatable bonds is 4. The van der Waals surface area contributed by atoms with Crippen LogP contribution in [0.2, 0.25) is 5.02 Å². The first-order valence-corrected chi connectivity index (χ1v) is 8.09. The average Bonchev–Trinajstić information content (AvgIpc) is 2.98. The standard InChI is InChI=1S/C16H21ClN4O/c1-12-3-2-4-16(11-22)20(12)9-14-10-21(19-18-14)15-7-5-13(17)6-8-15/h5-8,10,12,16,22H,2-4,9,11H2,1H3. The van der Waals surface area contributed by atoms with Gasteiger partial charge in [-0.3, -0.25) is 4.90 Å². The molecule has 0 spiro atoms. The number of benzene rings is 1. The number of hydrogen-bond donors (Lipinski definition) is 1. The molecule has 1 aliphatic rings. The van der Waals surface area contributed by atoms with Crippen molar-refractivity contribution >= 4 is 11.6 Å². The summed E-state index contributed by atoms with van der Waals surface area (Å²) in [5, 5.41) is 18.7. The predicted molar refractivity (Wildman–Crippen MR) is 86.1 cm³/mol. The fourth-order valence-electron chi connectivity index (χ4n) is 3.10. The molecule has 3 rings (SSSR count). The van der Waals surface area contributed by atoms with Gasteiger partial charge in [0.1, 0.15) is 0 Å². The van der Waals surface area contributed by atoms with Crippen LogP contribution < -0.4 is 0 Å². The van der Waals surface area contributed by atoms with Crippen LogP contribution in [0, 0.1) is 0 Å². The van der Waals surface area contributed by atoms with E-state index in [0.717, 1.165) is 24.3 Å². The van der Waals surface area contributed by atoms with Crippen molar-refractivity contribution in [3.63, 3.8) is 0 Å². The maximum atomic E-state index is 9.57. The largest absolute Gasteiger partial charge is 0.395 e. The van der Waals surface area contributed by atoms with E-state index in [9.17, 15) is 5.11 Å². The Morgan fingerprint density at radius 3 is 2.77 bits per heavy atom. The first-order valence-electron chi connectivity index (χ1n) is 7.71. The molecule has 1 aliphatic heterocycles. The van der Waals surface area contributed by atoms with Crippen molar-refractivity contribution in [1.29, 1.82) is 0 Å². The molecular weight excluding hydrogens is 300 g/mol. The second-order valence-corrected chi connectivity index (χ2v) is 6.36. The minimum Gasteiger partial charge on any atom is -0.395 e. The summed E-state index contributed by atoms with van der Waals surface area (Å²) in [5.41, 5.74) is 1.86. The minimum absolute atomic E-state index is 0.204. The van der Waals surface area contributed by atoms with Gasteiger partial charge in [-0.25, -0.2) is 4.68 Å². The van der Waals surface area contributed by atoms with Crippen LogP contribution in [0.15, 0.2) is 30.5 Å². The molecule has 118 valence electrons. The van der Waals surface area contributed by atoms with E-state index < -0.39 is 0 Å². The zero-order chi connectivity index (χ0) is 15.5. The summed E-state index contributed by atoms with van der Waals surface area (Å²) < 4.78 is 1.76. The Kier molecular flexibility index (Phi) is 4.76. The molecule has 1 aromatic carbocycles. The molecule has 2 heterocycles. The van der Waals surface area contributed by atoms with Crippen LogP contribution >= 0.6 is 11.6 Å². The van der Waals surface area contributed by atoms with Crippen LogP contribution in [0.1, 0.15) is 31.9 Å². The highest BCUT2D eigenvalue weighted by Gasteiger charge is 2.27. The second kappa shape index (κ2) is 6.77. The molecule has 0 radical (unpaired) electrons. The van der Waals surface area contributed by atoms with Crippen LogP contribution in [-0.2, 0) is 6.54 Å². The molecule has 1 fully saturated rings. The molecule has 0 saturated carbocycles. The minimum atomic E-state index is 0.204. The number of piperidine rings is 1. The summed E-state index contributed by atoms with van der Waals surface area (Å²) in [4.78, 5) is 2.33. The van der Waals surface area contributed by atoms with Gasteiger partial charge in [-0.15, -0.1) is 5.10 Å². The van der Waals surface area contributed by atoms with Gasteiger partial charge in [0, 0.05) is 23.7 Å². The van der Waals surface area contributed by atoms with E-state index >= 15 is 0 Å². The normalized spacial score (nSPS) is 22.9. The van der Waals surface area contributed by atoms with E-state index in [1.54, 1.807) is 4.68 Å². The number of hydrogen-bond acceptors (Lipinski definition) is 4. The number of likely N-dealkylation sites (tertiary alicyclic amines) is 1. The molecule has 2 atom stereocenters. The summed E-state index contributed by atoms with van der Waals surface area (Å²) >= 11 is 5.91. The van der Waals surface area contributed by atoms with Crippen LogP contribution in [0.5, 0.6) is 0 Å². The molecule has 6 heteroatoms. The average molecular weight is 321 g/mol. The van der Waals surface area contributed by atoms with Gasteiger partial charge in [0.15, 0.2) is 0 Å². The van der Waals surface area contributed by atoms with E-state index in [1.165, 1.54) is 12.8 Å².